The molecule has 0 spiro atoms. The van der Waals surface area contributed by atoms with Gasteiger partial charge in [-0.25, -0.2) is 4.39 Å². The van der Waals surface area contributed by atoms with Crippen molar-refractivity contribution in [1.82, 2.24) is 9.88 Å². The van der Waals surface area contributed by atoms with Gasteiger partial charge in [-0.3, -0.25) is 9.59 Å². The van der Waals surface area contributed by atoms with Gasteiger partial charge in [-0.15, -0.1) is 0 Å². The minimum absolute atomic E-state index is 0.0161. The maximum absolute atomic E-state index is 14.2. The van der Waals surface area contributed by atoms with Crippen LogP contribution in [0.4, 0.5) is 4.39 Å². The SMILES string of the molecule is COc1ccccc1CN1C(=O)C(=O)/C(=C(/O)c2cc(F)ccc2OC)C1c1c[nH]c2ccccc12. The number of rotatable bonds is 6. The number of aliphatic hydroxyl groups excluding tert-OH is 1. The summed E-state index contributed by atoms with van der Waals surface area (Å²) in [5.74, 6) is -2.06. The highest BCUT2D eigenvalue weighted by atomic mass is 19.1. The van der Waals surface area contributed by atoms with Crippen molar-refractivity contribution in [3.8, 4) is 11.5 Å². The zero-order valence-electron chi connectivity index (χ0n) is 19.6. The predicted molar refractivity (Wildman–Crippen MR) is 132 cm³/mol. The fraction of sp³-hybridized carbons (Fsp3) is 0.143. The van der Waals surface area contributed by atoms with Gasteiger partial charge in [0.05, 0.1) is 37.9 Å². The summed E-state index contributed by atoms with van der Waals surface area (Å²) in [6.07, 6.45) is 1.71. The van der Waals surface area contributed by atoms with Gasteiger partial charge in [0.15, 0.2) is 0 Å². The highest BCUT2D eigenvalue weighted by Gasteiger charge is 2.47. The molecule has 8 heteroatoms. The van der Waals surface area contributed by atoms with Gasteiger partial charge < -0.3 is 24.5 Å². The number of ketones is 1. The number of Topliss-reactive ketones (excluding diaryl/α,β-unsaturated/α-hetero) is 1. The van der Waals surface area contributed by atoms with Crippen molar-refractivity contribution in [2.45, 2.75) is 12.6 Å². The molecule has 5 rings (SSSR count). The van der Waals surface area contributed by atoms with E-state index >= 15 is 0 Å². The number of amides is 1. The lowest BCUT2D eigenvalue weighted by Crippen LogP contribution is -2.29. The highest BCUT2D eigenvalue weighted by molar-refractivity contribution is 6.46. The lowest BCUT2D eigenvalue weighted by atomic mass is 9.94. The summed E-state index contributed by atoms with van der Waals surface area (Å²) in [4.78, 5) is 31.4. The van der Waals surface area contributed by atoms with E-state index in [1.165, 1.54) is 31.3 Å². The molecule has 3 aromatic carbocycles. The number of halogens is 1. The van der Waals surface area contributed by atoms with Gasteiger partial charge in [-0.1, -0.05) is 36.4 Å². The Hall–Kier alpha value is -4.59. The zero-order chi connectivity index (χ0) is 25.4. The van der Waals surface area contributed by atoms with Crippen LogP contribution in [0.5, 0.6) is 11.5 Å². The Labute approximate surface area is 206 Å². The molecule has 36 heavy (non-hydrogen) atoms. The first kappa shape index (κ1) is 23.2. The van der Waals surface area contributed by atoms with Gasteiger partial charge >= 0.3 is 0 Å². The Morgan fingerprint density at radius 2 is 1.72 bits per heavy atom. The maximum atomic E-state index is 14.2. The van der Waals surface area contributed by atoms with E-state index < -0.39 is 29.3 Å². The average Bonchev–Trinajstić information content (AvgIpc) is 3.43. The summed E-state index contributed by atoms with van der Waals surface area (Å²) in [6.45, 7) is 0.0514. The normalized spacial score (nSPS) is 17.1. The third-order valence-electron chi connectivity index (χ3n) is 6.41. The van der Waals surface area contributed by atoms with Crippen molar-refractivity contribution in [2.75, 3.05) is 14.2 Å². The number of aromatic amines is 1. The molecule has 0 aliphatic carbocycles. The molecule has 1 saturated heterocycles. The average molecular weight is 486 g/mol. The van der Waals surface area contributed by atoms with Gasteiger partial charge in [0.2, 0.25) is 0 Å². The minimum Gasteiger partial charge on any atom is -0.507 e. The molecule has 4 aromatic rings. The number of nitrogens with zero attached hydrogens (tertiary/aromatic N) is 1. The standard InChI is InChI=1S/C28H23FN2O5/c1-35-22-10-6-3-7-16(22)15-31-25(20-14-30-21-9-5-4-8-18(20)21)24(27(33)28(31)34)26(32)19-13-17(29)11-12-23(19)36-2/h3-14,25,30,32H,15H2,1-2H3/b26-24+. The number of ether oxygens (including phenoxy) is 2. The number of para-hydroxylation sites is 2. The van der Waals surface area contributed by atoms with Crippen molar-refractivity contribution in [2.24, 2.45) is 0 Å². The molecule has 182 valence electrons. The Morgan fingerprint density at radius 3 is 2.50 bits per heavy atom. The fourth-order valence-electron chi connectivity index (χ4n) is 4.71. The molecule has 1 amide bonds. The highest BCUT2D eigenvalue weighted by Crippen LogP contribution is 2.44. The first-order valence-electron chi connectivity index (χ1n) is 11.2. The van der Waals surface area contributed by atoms with E-state index in [1.807, 2.05) is 36.4 Å². The molecule has 7 nitrogen and oxygen atoms in total. The van der Waals surface area contributed by atoms with Crippen LogP contribution in [0.2, 0.25) is 0 Å². The number of H-pyrrole nitrogens is 1. The number of methoxy groups -OCH3 is 2. The second-order valence-electron chi connectivity index (χ2n) is 8.37. The molecule has 1 atom stereocenters. The van der Waals surface area contributed by atoms with Crippen LogP contribution in [0.3, 0.4) is 0 Å². The Morgan fingerprint density at radius 1 is 1.00 bits per heavy atom. The largest absolute Gasteiger partial charge is 0.507 e. The fourth-order valence-corrected chi connectivity index (χ4v) is 4.71. The van der Waals surface area contributed by atoms with E-state index in [9.17, 15) is 19.1 Å². The molecule has 1 unspecified atom stereocenters. The second-order valence-corrected chi connectivity index (χ2v) is 8.37. The number of carbonyl (C=O) groups excluding carboxylic acids is 2. The van der Waals surface area contributed by atoms with E-state index in [0.29, 0.717) is 16.9 Å². The van der Waals surface area contributed by atoms with Crippen molar-refractivity contribution in [3.05, 3.63) is 101 Å². The number of hydrogen-bond donors (Lipinski definition) is 2. The smallest absolute Gasteiger partial charge is 0.295 e. The number of fused-ring (bicyclic) bond motifs is 1. The Balaban J connectivity index is 1.74. The lowest BCUT2D eigenvalue weighted by Gasteiger charge is -2.25. The number of benzene rings is 3. The van der Waals surface area contributed by atoms with Gasteiger partial charge in [-0.2, -0.15) is 0 Å². The van der Waals surface area contributed by atoms with E-state index in [1.54, 1.807) is 18.3 Å². The third-order valence-corrected chi connectivity index (χ3v) is 6.41. The monoisotopic (exact) mass is 486 g/mol. The van der Waals surface area contributed by atoms with E-state index in [4.69, 9.17) is 9.47 Å². The van der Waals surface area contributed by atoms with Crippen LogP contribution >= 0.6 is 0 Å². The van der Waals surface area contributed by atoms with Crippen LogP contribution in [0.15, 0.2) is 78.5 Å². The van der Waals surface area contributed by atoms with Gasteiger partial charge in [0.25, 0.3) is 11.7 Å². The molecule has 1 aliphatic heterocycles. The van der Waals surface area contributed by atoms with Crippen molar-refractivity contribution in [3.63, 3.8) is 0 Å². The quantitative estimate of drug-likeness (QED) is 0.229. The number of hydrogen-bond acceptors (Lipinski definition) is 5. The first-order chi connectivity index (χ1) is 17.4. The number of carbonyl (C=O) groups is 2. The molecule has 1 aliphatic rings. The molecule has 1 aromatic heterocycles. The van der Waals surface area contributed by atoms with Crippen molar-refractivity contribution in [1.29, 1.82) is 0 Å². The molecule has 2 N–H and O–H groups in total. The molecule has 0 bridgehead atoms. The second kappa shape index (κ2) is 9.22. The van der Waals surface area contributed by atoms with Crippen LogP contribution < -0.4 is 9.47 Å². The molecule has 2 heterocycles. The van der Waals surface area contributed by atoms with Crippen LogP contribution in [-0.2, 0) is 16.1 Å². The van der Waals surface area contributed by atoms with E-state index in [-0.39, 0.29) is 23.4 Å². The topological polar surface area (TPSA) is 91.9 Å². The zero-order valence-corrected chi connectivity index (χ0v) is 19.6. The van der Waals surface area contributed by atoms with Crippen molar-refractivity contribution < 1.29 is 28.6 Å². The number of aliphatic hydroxyl groups is 1. The predicted octanol–water partition coefficient (Wildman–Crippen LogP) is 4.95. The Bertz CT molecular complexity index is 1520. The van der Waals surface area contributed by atoms with Gasteiger partial charge in [-0.05, 0) is 30.3 Å². The summed E-state index contributed by atoms with van der Waals surface area (Å²) in [6, 6.07) is 17.3. The van der Waals surface area contributed by atoms with Gasteiger partial charge in [0, 0.05) is 28.2 Å². The van der Waals surface area contributed by atoms with Crippen LogP contribution in [-0.4, -0.2) is 40.9 Å². The number of aromatic nitrogens is 1. The molecular weight excluding hydrogens is 463 g/mol. The third kappa shape index (κ3) is 3.76. The summed E-state index contributed by atoms with van der Waals surface area (Å²) in [5, 5.41) is 12.2. The maximum Gasteiger partial charge on any atom is 0.295 e. The van der Waals surface area contributed by atoms with Crippen LogP contribution in [0, 0.1) is 5.82 Å². The van der Waals surface area contributed by atoms with E-state index in [2.05, 4.69) is 4.98 Å². The van der Waals surface area contributed by atoms with Crippen LogP contribution in [0.25, 0.3) is 16.7 Å². The van der Waals surface area contributed by atoms with E-state index in [0.717, 1.165) is 17.0 Å². The summed E-state index contributed by atoms with van der Waals surface area (Å²) in [7, 11) is 2.90. The van der Waals surface area contributed by atoms with Crippen molar-refractivity contribution >= 4 is 28.4 Å². The molecule has 0 saturated carbocycles. The summed E-state index contributed by atoms with van der Waals surface area (Å²) >= 11 is 0. The lowest BCUT2D eigenvalue weighted by molar-refractivity contribution is -0.140. The number of likely N-dealkylation sites (tertiary alicyclic amines) is 1. The first-order valence-corrected chi connectivity index (χ1v) is 11.2. The summed E-state index contributed by atoms with van der Waals surface area (Å²) in [5.41, 5.74) is 1.95. The molecule has 0 radical (unpaired) electrons. The molecular formula is C28H23FN2O5. The Kier molecular flexibility index (Phi) is 5.93. The molecule has 1 fully saturated rings. The minimum atomic E-state index is -0.945. The van der Waals surface area contributed by atoms with Crippen LogP contribution in [0.1, 0.15) is 22.7 Å². The van der Waals surface area contributed by atoms with Gasteiger partial charge in [0.1, 0.15) is 23.1 Å². The number of nitrogens with one attached hydrogen (secondary N) is 1. The summed E-state index contributed by atoms with van der Waals surface area (Å²) < 4.78 is 24.9.